The fraction of sp³-hybridized carbons (Fsp3) is 0.556. The largest absolute Gasteiger partial charge is 0.214 e. The zero-order valence-electron chi connectivity index (χ0n) is 19.6. The molecule has 1 aliphatic carbocycles. The van der Waals surface area contributed by atoms with E-state index in [4.69, 9.17) is 0 Å². The van der Waals surface area contributed by atoms with Crippen molar-refractivity contribution in [3.05, 3.63) is 57.6 Å². The van der Waals surface area contributed by atoms with E-state index in [9.17, 15) is 0 Å². The molecule has 0 N–H and O–H groups in total. The van der Waals surface area contributed by atoms with E-state index in [2.05, 4.69) is 86.6 Å². The molecule has 1 aliphatic rings. The average molecular weight is 374 g/mol. The molecule has 0 aliphatic heterocycles. The fourth-order valence-corrected chi connectivity index (χ4v) is 6.79. The Bertz CT molecular complexity index is 747. The van der Waals surface area contributed by atoms with Crippen molar-refractivity contribution >= 4 is 17.6 Å². The molecule has 0 bridgehead atoms. The monoisotopic (exact) mass is 374 g/mol. The van der Waals surface area contributed by atoms with Crippen LogP contribution in [-0.4, -0.2) is 6.71 Å². The van der Waals surface area contributed by atoms with Crippen molar-refractivity contribution < 1.29 is 0 Å². The first-order chi connectivity index (χ1) is 13.1. The summed E-state index contributed by atoms with van der Waals surface area (Å²) in [4.78, 5) is 0. The molecule has 1 heteroatoms. The summed E-state index contributed by atoms with van der Waals surface area (Å²) >= 11 is 0. The van der Waals surface area contributed by atoms with Gasteiger partial charge in [0.05, 0.1) is 0 Å². The highest BCUT2D eigenvalue weighted by Gasteiger charge is 2.42. The van der Waals surface area contributed by atoms with Gasteiger partial charge in [0.1, 0.15) is 0 Å². The van der Waals surface area contributed by atoms with Crippen molar-refractivity contribution in [2.45, 2.75) is 81.0 Å². The van der Waals surface area contributed by atoms with Gasteiger partial charge < -0.3 is 0 Å². The molecule has 0 heterocycles. The molecule has 0 radical (unpaired) electrons. The van der Waals surface area contributed by atoms with E-state index in [0.29, 0.717) is 12.5 Å². The molecule has 2 aromatic carbocycles. The van der Waals surface area contributed by atoms with Crippen LogP contribution in [0.4, 0.5) is 0 Å². The predicted molar refractivity (Wildman–Crippen MR) is 127 cm³/mol. The van der Waals surface area contributed by atoms with Crippen molar-refractivity contribution in [3.8, 4) is 0 Å². The zero-order chi connectivity index (χ0) is 20.7. The van der Waals surface area contributed by atoms with Gasteiger partial charge in [-0.15, -0.1) is 0 Å². The van der Waals surface area contributed by atoms with Crippen LogP contribution in [0.5, 0.6) is 0 Å². The molecule has 2 unspecified atom stereocenters. The standard InChI is InChI=1S/C27H39B/c1-16-10-19(4)25(20(5)11-16)28(26-21(6)12-17(2)13-22(26)7)27-23(8)14-18(3)15-24(27)9/h10-13,18,23-24,27H,14-15H2,1-9H3. The van der Waals surface area contributed by atoms with Gasteiger partial charge >= 0.3 is 0 Å². The highest BCUT2D eigenvalue weighted by atomic mass is 14.3. The minimum Gasteiger partial charge on any atom is -0.0681 e. The van der Waals surface area contributed by atoms with Crippen LogP contribution >= 0.6 is 0 Å². The molecule has 0 nitrogen and oxygen atoms in total. The molecule has 2 atom stereocenters. The Balaban J connectivity index is 2.27. The third kappa shape index (κ3) is 3.96. The van der Waals surface area contributed by atoms with Crippen LogP contribution in [-0.2, 0) is 0 Å². The second kappa shape index (κ2) is 8.09. The van der Waals surface area contributed by atoms with Crippen molar-refractivity contribution in [1.29, 1.82) is 0 Å². The summed E-state index contributed by atoms with van der Waals surface area (Å²) in [7, 11) is 0. The van der Waals surface area contributed by atoms with E-state index in [1.165, 1.54) is 46.2 Å². The van der Waals surface area contributed by atoms with Gasteiger partial charge in [0.2, 0.25) is 6.71 Å². The predicted octanol–water partition coefficient (Wildman–Crippen LogP) is 6.22. The van der Waals surface area contributed by atoms with Gasteiger partial charge in [-0.05, 0) is 78.0 Å². The van der Waals surface area contributed by atoms with Crippen LogP contribution in [0.2, 0.25) is 5.82 Å². The second-order valence-corrected chi connectivity index (χ2v) is 10.2. The number of rotatable bonds is 3. The lowest BCUT2D eigenvalue weighted by Gasteiger charge is -2.43. The van der Waals surface area contributed by atoms with E-state index >= 15 is 0 Å². The lowest BCUT2D eigenvalue weighted by molar-refractivity contribution is 0.231. The molecule has 0 saturated heterocycles. The number of benzene rings is 2. The van der Waals surface area contributed by atoms with E-state index in [0.717, 1.165) is 17.8 Å². The topological polar surface area (TPSA) is 0 Å². The lowest BCUT2D eigenvalue weighted by atomic mass is 9.27. The molecular formula is C27H39B. The highest BCUT2D eigenvalue weighted by molar-refractivity contribution is 6.87. The van der Waals surface area contributed by atoms with Crippen LogP contribution in [0.15, 0.2) is 24.3 Å². The first kappa shape index (κ1) is 21.2. The van der Waals surface area contributed by atoms with Crippen LogP contribution in [0.1, 0.15) is 67.0 Å². The van der Waals surface area contributed by atoms with Gasteiger partial charge in [-0.25, -0.2) is 0 Å². The number of hydrogen-bond acceptors (Lipinski definition) is 0. The Morgan fingerprint density at radius 1 is 0.607 bits per heavy atom. The highest BCUT2D eigenvalue weighted by Crippen LogP contribution is 2.44. The Morgan fingerprint density at radius 3 is 1.25 bits per heavy atom. The molecule has 150 valence electrons. The molecule has 0 aromatic heterocycles. The molecular weight excluding hydrogens is 335 g/mol. The fourth-order valence-electron chi connectivity index (χ4n) is 6.79. The summed E-state index contributed by atoms with van der Waals surface area (Å²) in [5.74, 6) is 3.06. The molecule has 3 rings (SSSR count). The summed E-state index contributed by atoms with van der Waals surface area (Å²) in [5, 5.41) is 0. The third-order valence-corrected chi connectivity index (χ3v) is 7.35. The van der Waals surface area contributed by atoms with Crippen molar-refractivity contribution in [1.82, 2.24) is 0 Å². The number of hydrogen-bond donors (Lipinski definition) is 0. The molecule has 1 fully saturated rings. The summed E-state index contributed by atoms with van der Waals surface area (Å²) < 4.78 is 0. The Kier molecular flexibility index (Phi) is 6.13. The maximum absolute atomic E-state index is 2.52. The van der Waals surface area contributed by atoms with Crippen LogP contribution in [0, 0.1) is 59.3 Å². The van der Waals surface area contributed by atoms with Crippen LogP contribution in [0.3, 0.4) is 0 Å². The van der Waals surface area contributed by atoms with E-state index in [1.54, 1.807) is 10.9 Å². The Labute approximate surface area is 174 Å². The molecule has 2 aromatic rings. The van der Waals surface area contributed by atoms with Gasteiger partial charge in [-0.2, -0.15) is 0 Å². The first-order valence-corrected chi connectivity index (χ1v) is 11.3. The molecule has 0 spiro atoms. The normalized spacial score (nSPS) is 25.0. The maximum Gasteiger partial charge on any atom is 0.214 e. The average Bonchev–Trinajstić information content (AvgIpc) is 2.51. The summed E-state index contributed by atoms with van der Waals surface area (Å²) in [6.07, 6.45) is 2.72. The maximum atomic E-state index is 2.52. The lowest BCUT2D eigenvalue weighted by Crippen LogP contribution is -2.54. The van der Waals surface area contributed by atoms with Crippen molar-refractivity contribution in [2.75, 3.05) is 0 Å². The molecule has 1 saturated carbocycles. The van der Waals surface area contributed by atoms with E-state index in [-0.39, 0.29) is 0 Å². The Hall–Kier alpha value is -1.50. The van der Waals surface area contributed by atoms with Gasteiger partial charge in [-0.1, -0.05) is 89.3 Å². The molecule has 0 amide bonds. The van der Waals surface area contributed by atoms with Gasteiger partial charge in [0.15, 0.2) is 0 Å². The smallest absolute Gasteiger partial charge is 0.0681 e. The Morgan fingerprint density at radius 2 is 0.929 bits per heavy atom. The number of aryl methyl sites for hydroxylation is 6. The van der Waals surface area contributed by atoms with Crippen LogP contribution in [0.25, 0.3) is 0 Å². The van der Waals surface area contributed by atoms with Gasteiger partial charge in [-0.3, -0.25) is 0 Å². The minimum atomic E-state index is 0.499. The van der Waals surface area contributed by atoms with E-state index < -0.39 is 0 Å². The SMILES string of the molecule is Cc1cc(C)c(B(c2c(C)cc(C)cc2C)C2C(C)CC(C)CC2C)c(C)c1. The summed E-state index contributed by atoms with van der Waals surface area (Å²) in [6.45, 7) is 21.8. The summed E-state index contributed by atoms with van der Waals surface area (Å²) in [5.41, 5.74) is 11.8. The first-order valence-electron chi connectivity index (χ1n) is 11.3. The summed E-state index contributed by atoms with van der Waals surface area (Å²) in [6, 6.07) is 9.59. The van der Waals surface area contributed by atoms with Crippen LogP contribution < -0.4 is 10.9 Å². The zero-order valence-corrected chi connectivity index (χ0v) is 19.6. The van der Waals surface area contributed by atoms with Crippen molar-refractivity contribution in [3.63, 3.8) is 0 Å². The third-order valence-electron chi connectivity index (χ3n) is 7.35. The quantitative estimate of drug-likeness (QED) is 0.560. The minimum absolute atomic E-state index is 0.499. The molecule has 28 heavy (non-hydrogen) atoms. The van der Waals surface area contributed by atoms with Gasteiger partial charge in [0.25, 0.3) is 0 Å². The van der Waals surface area contributed by atoms with Crippen molar-refractivity contribution in [2.24, 2.45) is 17.8 Å². The van der Waals surface area contributed by atoms with Gasteiger partial charge in [0, 0.05) is 0 Å². The second-order valence-electron chi connectivity index (χ2n) is 10.2. The van der Waals surface area contributed by atoms with E-state index in [1.807, 2.05) is 0 Å².